The first-order valence-corrected chi connectivity index (χ1v) is 6.17. The average molecular weight is 233 g/mol. The summed E-state index contributed by atoms with van der Waals surface area (Å²) >= 11 is 0. The minimum absolute atomic E-state index is 1.07. The van der Waals surface area contributed by atoms with Crippen LogP contribution in [0.15, 0.2) is 54.6 Å². The van der Waals surface area contributed by atoms with E-state index in [1.807, 2.05) is 13.8 Å². The van der Waals surface area contributed by atoms with Crippen molar-refractivity contribution in [3.8, 4) is 11.1 Å². The Morgan fingerprint density at radius 1 is 0.778 bits per heavy atom. The Hall–Kier alpha value is -2.15. The number of rotatable bonds is 1. The van der Waals surface area contributed by atoms with Gasteiger partial charge in [-0.2, -0.15) is 0 Å². The second kappa shape index (κ2) is 4.26. The summed E-state index contributed by atoms with van der Waals surface area (Å²) in [5, 5.41) is 2.58. The molecule has 0 aliphatic carbocycles. The van der Waals surface area contributed by atoms with Gasteiger partial charge >= 0.3 is 0 Å². The summed E-state index contributed by atoms with van der Waals surface area (Å²) in [4.78, 5) is 4.44. The van der Waals surface area contributed by atoms with Crippen LogP contribution in [0.3, 0.4) is 0 Å². The molecule has 0 unspecified atom stereocenters. The number of pyridine rings is 1. The van der Waals surface area contributed by atoms with Crippen LogP contribution in [-0.4, -0.2) is 4.98 Å². The molecule has 0 aliphatic rings. The quantitative estimate of drug-likeness (QED) is 0.602. The normalized spacial score (nSPS) is 10.8. The number of fused-ring (bicyclic) bond motifs is 1. The van der Waals surface area contributed by atoms with Gasteiger partial charge in [0.25, 0.3) is 0 Å². The first-order valence-electron chi connectivity index (χ1n) is 6.17. The maximum absolute atomic E-state index is 4.44. The Morgan fingerprint density at radius 2 is 1.44 bits per heavy atom. The summed E-state index contributed by atoms with van der Waals surface area (Å²) < 4.78 is 0. The minimum Gasteiger partial charge on any atom is -0.258 e. The van der Waals surface area contributed by atoms with E-state index in [-0.39, 0.29) is 0 Å². The predicted molar refractivity (Wildman–Crippen MR) is 76.7 cm³/mol. The zero-order valence-corrected chi connectivity index (χ0v) is 10.6. The van der Waals surface area contributed by atoms with Gasteiger partial charge in [0, 0.05) is 11.4 Å². The van der Waals surface area contributed by atoms with Gasteiger partial charge in [-0.25, -0.2) is 0 Å². The van der Waals surface area contributed by atoms with Crippen molar-refractivity contribution in [3.63, 3.8) is 0 Å². The number of hydrogen-bond acceptors (Lipinski definition) is 1. The van der Waals surface area contributed by atoms with Crippen molar-refractivity contribution >= 4 is 10.8 Å². The van der Waals surface area contributed by atoms with Crippen molar-refractivity contribution in [1.82, 2.24) is 4.98 Å². The van der Waals surface area contributed by atoms with Gasteiger partial charge in [0.05, 0.1) is 0 Å². The highest BCUT2D eigenvalue weighted by molar-refractivity contribution is 5.96. The van der Waals surface area contributed by atoms with Crippen molar-refractivity contribution in [3.05, 3.63) is 66.0 Å². The number of aryl methyl sites for hydroxylation is 2. The Morgan fingerprint density at radius 3 is 2.22 bits per heavy atom. The largest absolute Gasteiger partial charge is 0.258 e. The molecular formula is C17H15N. The lowest BCUT2D eigenvalue weighted by Crippen LogP contribution is -1.88. The third-order valence-corrected chi connectivity index (χ3v) is 3.18. The summed E-state index contributed by atoms with van der Waals surface area (Å²) in [6, 6.07) is 19.2. The van der Waals surface area contributed by atoms with E-state index < -0.39 is 0 Å². The molecule has 3 aromatic rings. The van der Waals surface area contributed by atoms with E-state index in [1.165, 1.54) is 21.9 Å². The lowest BCUT2D eigenvalue weighted by atomic mass is 9.98. The van der Waals surface area contributed by atoms with Gasteiger partial charge in [0.2, 0.25) is 0 Å². The Labute approximate surface area is 107 Å². The van der Waals surface area contributed by atoms with Gasteiger partial charge in [-0.1, -0.05) is 42.5 Å². The zero-order valence-electron chi connectivity index (χ0n) is 10.6. The van der Waals surface area contributed by atoms with Crippen molar-refractivity contribution in [1.29, 1.82) is 0 Å². The first kappa shape index (κ1) is 11.0. The van der Waals surface area contributed by atoms with Crippen LogP contribution in [0.2, 0.25) is 0 Å². The second-order valence-corrected chi connectivity index (χ2v) is 4.67. The molecule has 0 atom stereocenters. The Kier molecular flexibility index (Phi) is 2.60. The lowest BCUT2D eigenvalue weighted by Gasteiger charge is -2.08. The Balaban J connectivity index is 2.31. The summed E-state index contributed by atoms with van der Waals surface area (Å²) in [6.45, 7) is 4.09. The Bertz CT molecular complexity index is 688. The highest BCUT2D eigenvalue weighted by Crippen LogP contribution is 2.29. The maximum Gasteiger partial charge on any atom is 0.0382 e. The second-order valence-electron chi connectivity index (χ2n) is 4.67. The van der Waals surface area contributed by atoms with Gasteiger partial charge in [-0.15, -0.1) is 0 Å². The summed E-state index contributed by atoms with van der Waals surface area (Å²) in [5.41, 5.74) is 4.66. The van der Waals surface area contributed by atoms with E-state index in [4.69, 9.17) is 0 Å². The highest BCUT2D eigenvalue weighted by Gasteiger charge is 2.04. The maximum atomic E-state index is 4.44. The van der Waals surface area contributed by atoms with Crippen LogP contribution in [0.1, 0.15) is 11.4 Å². The van der Waals surface area contributed by atoms with Crippen molar-refractivity contribution in [2.45, 2.75) is 13.8 Å². The molecule has 1 heteroatoms. The van der Waals surface area contributed by atoms with E-state index in [9.17, 15) is 0 Å². The van der Waals surface area contributed by atoms with Crippen LogP contribution in [0, 0.1) is 13.8 Å². The molecule has 0 saturated heterocycles. The molecule has 2 aromatic carbocycles. The highest BCUT2D eigenvalue weighted by atomic mass is 14.7. The molecule has 0 fully saturated rings. The van der Waals surface area contributed by atoms with Gasteiger partial charge in [-0.05, 0) is 47.9 Å². The molecule has 0 N–H and O–H groups in total. The van der Waals surface area contributed by atoms with Crippen LogP contribution >= 0.6 is 0 Å². The average Bonchev–Trinajstić information content (AvgIpc) is 2.37. The molecule has 0 saturated carbocycles. The molecular weight excluding hydrogens is 218 g/mol. The number of hydrogen-bond donors (Lipinski definition) is 0. The van der Waals surface area contributed by atoms with Crippen molar-refractivity contribution in [2.75, 3.05) is 0 Å². The van der Waals surface area contributed by atoms with Crippen molar-refractivity contribution in [2.24, 2.45) is 0 Å². The third kappa shape index (κ3) is 1.88. The van der Waals surface area contributed by atoms with E-state index in [0.29, 0.717) is 0 Å². The molecule has 18 heavy (non-hydrogen) atoms. The summed E-state index contributed by atoms with van der Waals surface area (Å²) in [5.74, 6) is 0. The molecule has 3 rings (SSSR count). The first-order chi connectivity index (χ1) is 8.74. The molecule has 0 spiro atoms. The molecule has 0 radical (unpaired) electrons. The molecule has 0 aliphatic heterocycles. The van der Waals surface area contributed by atoms with Crippen LogP contribution in [-0.2, 0) is 0 Å². The fourth-order valence-electron chi connectivity index (χ4n) is 2.47. The molecule has 1 heterocycles. The van der Waals surface area contributed by atoms with Crippen LogP contribution < -0.4 is 0 Å². The lowest BCUT2D eigenvalue weighted by molar-refractivity contribution is 1.12. The van der Waals surface area contributed by atoms with Crippen LogP contribution in [0.5, 0.6) is 0 Å². The predicted octanol–water partition coefficient (Wildman–Crippen LogP) is 4.52. The topological polar surface area (TPSA) is 12.9 Å². The van der Waals surface area contributed by atoms with Gasteiger partial charge in [-0.3, -0.25) is 4.98 Å². The van der Waals surface area contributed by atoms with Gasteiger partial charge < -0.3 is 0 Å². The van der Waals surface area contributed by atoms with Gasteiger partial charge in [0.15, 0.2) is 0 Å². The third-order valence-electron chi connectivity index (χ3n) is 3.18. The van der Waals surface area contributed by atoms with E-state index in [2.05, 4.69) is 59.6 Å². The van der Waals surface area contributed by atoms with Crippen LogP contribution in [0.25, 0.3) is 21.9 Å². The molecule has 0 bridgehead atoms. The van der Waals surface area contributed by atoms with Crippen molar-refractivity contribution < 1.29 is 0 Å². The standard InChI is InChI=1S/C17H15N/c1-12-10-15(11-13(2)18-12)17-9-5-7-14-6-3-4-8-16(14)17/h3-11H,1-2H3. The molecule has 88 valence electrons. The number of nitrogens with zero attached hydrogens (tertiary/aromatic N) is 1. The summed E-state index contributed by atoms with van der Waals surface area (Å²) in [6.07, 6.45) is 0. The monoisotopic (exact) mass is 233 g/mol. The minimum atomic E-state index is 1.07. The molecule has 1 aromatic heterocycles. The SMILES string of the molecule is Cc1cc(-c2cccc3ccccc23)cc(C)n1. The smallest absolute Gasteiger partial charge is 0.0382 e. The summed E-state index contributed by atoms with van der Waals surface area (Å²) in [7, 11) is 0. The van der Waals surface area contributed by atoms with E-state index in [0.717, 1.165) is 11.4 Å². The van der Waals surface area contributed by atoms with E-state index in [1.54, 1.807) is 0 Å². The number of benzene rings is 2. The molecule has 0 amide bonds. The fourth-order valence-corrected chi connectivity index (χ4v) is 2.47. The number of aromatic nitrogens is 1. The fraction of sp³-hybridized carbons (Fsp3) is 0.118. The molecule has 1 nitrogen and oxygen atoms in total. The van der Waals surface area contributed by atoms with Crippen LogP contribution in [0.4, 0.5) is 0 Å². The van der Waals surface area contributed by atoms with Gasteiger partial charge in [0.1, 0.15) is 0 Å². The zero-order chi connectivity index (χ0) is 12.5. The van der Waals surface area contributed by atoms with E-state index >= 15 is 0 Å².